The SMILES string of the molecule is COC(=O)CC(c1ccccc1C#N)C(C(=O)N(C(C)C)C(C)C)c1cccnc1. The Morgan fingerprint density at radius 3 is 2.30 bits per heavy atom. The van der Waals surface area contributed by atoms with Crippen LogP contribution in [0.1, 0.15) is 62.6 Å². The van der Waals surface area contributed by atoms with Crippen molar-refractivity contribution in [3.8, 4) is 6.07 Å². The summed E-state index contributed by atoms with van der Waals surface area (Å²) in [7, 11) is 1.32. The maximum Gasteiger partial charge on any atom is 0.306 e. The zero-order valence-corrected chi connectivity index (χ0v) is 18.2. The standard InChI is InChI=1S/C24H29N3O3/c1-16(2)27(17(3)4)24(29)23(19-10-8-12-26-15-19)21(13-22(28)30-5)20-11-7-6-9-18(20)14-25/h6-12,15-17,21,23H,13H2,1-5H3. The van der Waals surface area contributed by atoms with E-state index in [2.05, 4.69) is 11.1 Å². The monoisotopic (exact) mass is 407 g/mol. The van der Waals surface area contributed by atoms with E-state index in [9.17, 15) is 14.9 Å². The molecule has 6 nitrogen and oxygen atoms in total. The number of rotatable bonds is 8. The lowest BCUT2D eigenvalue weighted by atomic mass is 9.77. The predicted octanol–water partition coefficient (Wildman–Crippen LogP) is 4.03. The number of esters is 1. The number of methoxy groups -OCH3 is 1. The van der Waals surface area contributed by atoms with Crippen LogP contribution in [0.15, 0.2) is 48.8 Å². The lowest BCUT2D eigenvalue weighted by molar-refractivity contribution is -0.142. The molecule has 6 heteroatoms. The number of hydrogen-bond donors (Lipinski definition) is 0. The molecular formula is C24H29N3O3. The quantitative estimate of drug-likeness (QED) is 0.617. The molecule has 0 saturated heterocycles. The molecule has 0 fully saturated rings. The summed E-state index contributed by atoms with van der Waals surface area (Å²) in [5.74, 6) is -1.79. The van der Waals surface area contributed by atoms with E-state index >= 15 is 0 Å². The fourth-order valence-electron chi connectivity index (χ4n) is 3.97. The number of nitrogens with zero attached hydrogens (tertiary/aromatic N) is 3. The van der Waals surface area contributed by atoms with Gasteiger partial charge in [0.05, 0.1) is 31.1 Å². The summed E-state index contributed by atoms with van der Waals surface area (Å²) in [5, 5.41) is 9.66. The van der Waals surface area contributed by atoms with Crippen molar-refractivity contribution in [1.82, 2.24) is 9.88 Å². The van der Waals surface area contributed by atoms with Gasteiger partial charge < -0.3 is 9.64 Å². The maximum absolute atomic E-state index is 13.9. The summed E-state index contributed by atoms with van der Waals surface area (Å²) >= 11 is 0. The Hall–Kier alpha value is -3.20. The molecule has 2 atom stereocenters. The Labute approximate surface area is 178 Å². The number of ether oxygens (including phenoxy) is 1. The second kappa shape index (κ2) is 10.5. The van der Waals surface area contributed by atoms with Crippen LogP contribution in [0, 0.1) is 11.3 Å². The van der Waals surface area contributed by atoms with Gasteiger partial charge in [0.2, 0.25) is 5.91 Å². The van der Waals surface area contributed by atoms with Gasteiger partial charge in [-0.15, -0.1) is 0 Å². The summed E-state index contributed by atoms with van der Waals surface area (Å²) in [5.41, 5.74) is 1.80. The molecule has 0 aliphatic rings. The summed E-state index contributed by atoms with van der Waals surface area (Å²) in [6.07, 6.45) is 3.28. The number of pyridine rings is 1. The van der Waals surface area contributed by atoms with E-state index in [1.54, 1.807) is 36.7 Å². The molecule has 2 rings (SSSR count). The van der Waals surface area contributed by atoms with E-state index in [0.717, 1.165) is 0 Å². The lowest BCUT2D eigenvalue weighted by Gasteiger charge is -2.37. The molecule has 0 spiro atoms. The molecule has 1 aromatic heterocycles. The van der Waals surface area contributed by atoms with Crippen molar-refractivity contribution in [3.63, 3.8) is 0 Å². The van der Waals surface area contributed by atoms with Crippen molar-refractivity contribution in [2.75, 3.05) is 7.11 Å². The van der Waals surface area contributed by atoms with Crippen LogP contribution < -0.4 is 0 Å². The molecular weight excluding hydrogens is 378 g/mol. The number of hydrogen-bond acceptors (Lipinski definition) is 5. The summed E-state index contributed by atoms with van der Waals surface area (Å²) in [6, 6.07) is 12.8. The fourth-order valence-corrected chi connectivity index (χ4v) is 3.97. The molecule has 1 heterocycles. The average molecular weight is 408 g/mol. The van der Waals surface area contributed by atoms with E-state index < -0.39 is 17.8 Å². The van der Waals surface area contributed by atoms with Crippen molar-refractivity contribution in [3.05, 3.63) is 65.5 Å². The van der Waals surface area contributed by atoms with Gasteiger partial charge in [-0.1, -0.05) is 24.3 Å². The van der Waals surface area contributed by atoms with Gasteiger partial charge >= 0.3 is 5.97 Å². The first-order chi connectivity index (χ1) is 14.3. The van der Waals surface area contributed by atoms with Gasteiger partial charge in [0, 0.05) is 30.4 Å². The Kier molecular flexibility index (Phi) is 8.11. The predicted molar refractivity (Wildman–Crippen MR) is 115 cm³/mol. The van der Waals surface area contributed by atoms with E-state index in [1.165, 1.54) is 7.11 Å². The van der Waals surface area contributed by atoms with Gasteiger partial charge in [-0.2, -0.15) is 5.26 Å². The number of nitriles is 1. The fraction of sp³-hybridized carbons (Fsp3) is 0.417. The topological polar surface area (TPSA) is 83.3 Å². The van der Waals surface area contributed by atoms with Crippen molar-refractivity contribution < 1.29 is 14.3 Å². The highest BCUT2D eigenvalue weighted by molar-refractivity contribution is 5.86. The van der Waals surface area contributed by atoms with E-state index in [1.807, 2.05) is 44.7 Å². The van der Waals surface area contributed by atoms with Gasteiger partial charge in [0.1, 0.15) is 0 Å². The highest BCUT2D eigenvalue weighted by atomic mass is 16.5. The molecule has 0 bridgehead atoms. The summed E-state index contributed by atoms with van der Waals surface area (Å²) in [4.78, 5) is 32.2. The van der Waals surface area contributed by atoms with Gasteiger partial charge in [-0.05, 0) is 51.0 Å². The van der Waals surface area contributed by atoms with Gasteiger partial charge in [-0.25, -0.2) is 0 Å². The maximum atomic E-state index is 13.9. The third kappa shape index (κ3) is 5.24. The first kappa shape index (κ1) is 23.1. The lowest BCUT2D eigenvalue weighted by Crippen LogP contribution is -2.46. The van der Waals surface area contributed by atoms with E-state index in [4.69, 9.17) is 4.74 Å². The first-order valence-electron chi connectivity index (χ1n) is 10.1. The van der Waals surface area contributed by atoms with Crippen LogP contribution in [-0.2, 0) is 14.3 Å². The molecule has 0 aliphatic heterocycles. The molecule has 2 aromatic rings. The highest BCUT2D eigenvalue weighted by Crippen LogP contribution is 2.39. The van der Waals surface area contributed by atoms with Crippen LogP contribution in [0.25, 0.3) is 0 Å². The Bertz CT molecular complexity index is 895. The summed E-state index contributed by atoms with van der Waals surface area (Å²) < 4.78 is 4.93. The molecule has 0 N–H and O–H groups in total. The summed E-state index contributed by atoms with van der Waals surface area (Å²) in [6.45, 7) is 7.88. The van der Waals surface area contributed by atoms with Crippen molar-refractivity contribution in [2.24, 2.45) is 0 Å². The van der Waals surface area contributed by atoms with Crippen LogP contribution in [0.5, 0.6) is 0 Å². The Morgan fingerprint density at radius 1 is 1.10 bits per heavy atom. The van der Waals surface area contributed by atoms with Crippen molar-refractivity contribution >= 4 is 11.9 Å². The van der Waals surface area contributed by atoms with Crippen LogP contribution in [0.2, 0.25) is 0 Å². The minimum absolute atomic E-state index is 0.0233. The van der Waals surface area contributed by atoms with E-state index in [0.29, 0.717) is 16.7 Å². The number of aromatic nitrogens is 1. The second-order valence-corrected chi connectivity index (χ2v) is 7.78. The van der Waals surface area contributed by atoms with Crippen LogP contribution in [0.3, 0.4) is 0 Å². The van der Waals surface area contributed by atoms with Gasteiger partial charge in [0.15, 0.2) is 0 Å². The molecule has 0 aliphatic carbocycles. The zero-order chi connectivity index (χ0) is 22.3. The largest absolute Gasteiger partial charge is 0.469 e. The average Bonchev–Trinajstić information content (AvgIpc) is 2.73. The molecule has 0 radical (unpaired) electrons. The molecule has 158 valence electrons. The van der Waals surface area contributed by atoms with Gasteiger partial charge in [0.25, 0.3) is 0 Å². The molecule has 30 heavy (non-hydrogen) atoms. The van der Waals surface area contributed by atoms with Crippen LogP contribution >= 0.6 is 0 Å². The zero-order valence-electron chi connectivity index (χ0n) is 18.2. The molecule has 2 unspecified atom stereocenters. The number of amides is 1. The molecule has 1 amide bonds. The first-order valence-corrected chi connectivity index (χ1v) is 10.1. The normalized spacial score (nSPS) is 12.9. The highest BCUT2D eigenvalue weighted by Gasteiger charge is 2.38. The number of carbonyl (C=O) groups is 2. The van der Waals surface area contributed by atoms with Gasteiger partial charge in [-0.3, -0.25) is 14.6 Å². The van der Waals surface area contributed by atoms with Crippen LogP contribution in [-0.4, -0.2) is 41.0 Å². The Balaban J connectivity index is 2.71. The third-order valence-corrected chi connectivity index (χ3v) is 5.17. The van der Waals surface area contributed by atoms with Crippen molar-refractivity contribution in [2.45, 2.75) is 58.0 Å². The van der Waals surface area contributed by atoms with Crippen LogP contribution in [0.4, 0.5) is 0 Å². The molecule has 1 aromatic carbocycles. The van der Waals surface area contributed by atoms with Crippen molar-refractivity contribution in [1.29, 1.82) is 5.26 Å². The minimum Gasteiger partial charge on any atom is -0.469 e. The molecule has 0 saturated carbocycles. The van der Waals surface area contributed by atoms with E-state index in [-0.39, 0.29) is 24.4 Å². The minimum atomic E-state index is -0.683. The number of carbonyl (C=O) groups excluding carboxylic acids is 2. The Morgan fingerprint density at radius 2 is 1.77 bits per heavy atom. The number of benzene rings is 1. The second-order valence-electron chi connectivity index (χ2n) is 7.78. The smallest absolute Gasteiger partial charge is 0.306 e. The third-order valence-electron chi connectivity index (χ3n) is 5.17.